The minimum absolute atomic E-state index is 0.124. The maximum absolute atomic E-state index is 5.20. The summed E-state index contributed by atoms with van der Waals surface area (Å²) < 4.78 is 2.62. The van der Waals surface area contributed by atoms with Gasteiger partial charge < -0.3 is 0 Å². The molecule has 0 aliphatic heterocycles. The highest BCUT2D eigenvalue weighted by atomic mass is 32.1. The Bertz CT molecular complexity index is 3140. The minimum Gasteiger partial charge on any atom is -0.208 e. The van der Waals surface area contributed by atoms with Crippen molar-refractivity contribution in [3.63, 3.8) is 0 Å². The van der Waals surface area contributed by atoms with Crippen molar-refractivity contribution in [1.29, 1.82) is 0 Å². The molecule has 0 unspecified atom stereocenters. The highest BCUT2D eigenvalue weighted by molar-refractivity contribution is 7.27. The molecular weight excluding hydrogens is 675 g/mol. The van der Waals surface area contributed by atoms with Crippen LogP contribution < -0.4 is 0 Å². The zero-order chi connectivity index (χ0) is 36.0. The van der Waals surface area contributed by atoms with Gasteiger partial charge in [-0.2, -0.15) is 0 Å². The summed E-state index contributed by atoms with van der Waals surface area (Å²) in [6.07, 6.45) is 0. The van der Waals surface area contributed by atoms with Crippen LogP contribution in [0.15, 0.2) is 164 Å². The number of hydrogen-bond acceptors (Lipinski definition) is 4. The second kappa shape index (κ2) is 11.8. The van der Waals surface area contributed by atoms with E-state index in [1.165, 1.54) is 69.5 Å². The van der Waals surface area contributed by atoms with Gasteiger partial charge in [-0.1, -0.05) is 166 Å². The van der Waals surface area contributed by atoms with Crippen molar-refractivity contribution in [2.24, 2.45) is 0 Å². The molecule has 2 aromatic heterocycles. The molecular formula is C50H33N3S. The number of benzene rings is 8. The van der Waals surface area contributed by atoms with Gasteiger partial charge in [0, 0.05) is 47.7 Å². The first-order valence-electron chi connectivity index (χ1n) is 18.4. The quantitative estimate of drug-likeness (QED) is 0.171. The van der Waals surface area contributed by atoms with E-state index >= 15 is 0 Å². The van der Waals surface area contributed by atoms with Crippen molar-refractivity contribution >= 4 is 53.1 Å². The highest BCUT2D eigenvalue weighted by Gasteiger charge is 2.35. The Balaban J connectivity index is 1.07. The average molecular weight is 708 g/mol. The summed E-state index contributed by atoms with van der Waals surface area (Å²) in [4.78, 5) is 15.4. The lowest BCUT2D eigenvalue weighted by Crippen LogP contribution is -2.15. The van der Waals surface area contributed by atoms with Crippen LogP contribution in [0, 0.1) is 0 Å². The van der Waals surface area contributed by atoms with Gasteiger partial charge in [0.15, 0.2) is 17.5 Å². The fraction of sp³-hybridized carbons (Fsp3) is 0.0600. The molecule has 0 N–H and O–H groups in total. The summed E-state index contributed by atoms with van der Waals surface area (Å²) in [6, 6.07) is 58.8. The van der Waals surface area contributed by atoms with E-state index in [0.717, 1.165) is 22.3 Å². The zero-order valence-corrected chi connectivity index (χ0v) is 30.7. The van der Waals surface area contributed by atoms with Crippen molar-refractivity contribution in [2.75, 3.05) is 0 Å². The van der Waals surface area contributed by atoms with E-state index in [4.69, 9.17) is 15.0 Å². The van der Waals surface area contributed by atoms with Crippen LogP contribution in [0.1, 0.15) is 25.0 Å². The molecule has 0 saturated heterocycles. The average Bonchev–Trinajstić information content (AvgIpc) is 3.73. The first kappa shape index (κ1) is 31.1. The van der Waals surface area contributed by atoms with E-state index in [0.29, 0.717) is 17.5 Å². The fourth-order valence-corrected chi connectivity index (χ4v) is 10.00. The van der Waals surface area contributed by atoms with Gasteiger partial charge in [0.05, 0.1) is 0 Å². The first-order chi connectivity index (χ1) is 26.5. The monoisotopic (exact) mass is 707 g/mol. The van der Waals surface area contributed by atoms with E-state index in [1.807, 2.05) is 29.5 Å². The maximum atomic E-state index is 5.20. The SMILES string of the molecule is CC1(C)c2ccccc2-c2ccc(-c3nc(-c4ccccc4)nc(-c4cccc(-c5cccc6c5sc5c6ccc6ccc7ccccc7c65)c4)n3)cc21. The van der Waals surface area contributed by atoms with Crippen LogP contribution in [0.2, 0.25) is 0 Å². The molecule has 4 heteroatoms. The Morgan fingerprint density at radius 1 is 0.389 bits per heavy atom. The lowest BCUT2D eigenvalue weighted by molar-refractivity contribution is 0.660. The lowest BCUT2D eigenvalue weighted by Gasteiger charge is -2.21. The molecule has 0 spiro atoms. The fourth-order valence-electron chi connectivity index (χ4n) is 8.59. The summed E-state index contributed by atoms with van der Waals surface area (Å²) in [5, 5.41) is 7.75. The van der Waals surface area contributed by atoms with Crippen LogP contribution in [0.4, 0.5) is 0 Å². The summed E-state index contributed by atoms with van der Waals surface area (Å²) in [6.45, 7) is 4.62. The predicted molar refractivity (Wildman–Crippen MR) is 227 cm³/mol. The van der Waals surface area contributed by atoms with Gasteiger partial charge in [0.2, 0.25) is 0 Å². The Hall–Kier alpha value is -6.49. The number of aromatic nitrogens is 3. The molecule has 10 aromatic rings. The normalized spacial score (nSPS) is 13.1. The van der Waals surface area contributed by atoms with Gasteiger partial charge in [-0.3, -0.25) is 0 Å². The third-order valence-electron chi connectivity index (χ3n) is 11.3. The van der Waals surface area contributed by atoms with Crippen LogP contribution in [0.5, 0.6) is 0 Å². The van der Waals surface area contributed by atoms with Crippen molar-refractivity contribution in [3.8, 4) is 56.4 Å². The molecule has 0 amide bonds. The maximum Gasteiger partial charge on any atom is 0.164 e. The van der Waals surface area contributed by atoms with Crippen LogP contribution in [0.25, 0.3) is 98.1 Å². The molecule has 8 aromatic carbocycles. The van der Waals surface area contributed by atoms with Gasteiger partial charge >= 0.3 is 0 Å². The van der Waals surface area contributed by atoms with Crippen LogP contribution in [-0.4, -0.2) is 15.0 Å². The summed E-state index contributed by atoms with van der Waals surface area (Å²) in [5.41, 5.74) is 10.4. The largest absolute Gasteiger partial charge is 0.208 e. The van der Waals surface area contributed by atoms with Crippen molar-refractivity contribution in [2.45, 2.75) is 19.3 Å². The third-order valence-corrected chi connectivity index (χ3v) is 12.6. The van der Waals surface area contributed by atoms with Gasteiger partial charge in [-0.05, 0) is 61.7 Å². The molecule has 1 aliphatic carbocycles. The van der Waals surface area contributed by atoms with Crippen molar-refractivity contribution in [1.82, 2.24) is 15.0 Å². The summed E-state index contributed by atoms with van der Waals surface area (Å²) in [5.74, 6) is 1.99. The zero-order valence-electron chi connectivity index (χ0n) is 29.8. The molecule has 0 radical (unpaired) electrons. The number of rotatable bonds is 4. The Kier molecular flexibility index (Phi) is 6.77. The molecule has 1 aliphatic rings. The van der Waals surface area contributed by atoms with Crippen molar-refractivity contribution in [3.05, 3.63) is 175 Å². The molecule has 254 valence electrons. The minimum atomic E-state index is -0.124. The van der Waals surface area contributed by atoms with E-state index in [9.17, 15) is 0 Å². The lowest BCUT2D eigenvalue weighted by atomic mass is 9.82. The Morgan fingerprint density at radius 3 is 1.85 bits per heavy atom. The Morgan fingerprint density at radius 2 is 0.981 bits per heavy atom. The van der Waals surface area contributed by atoms with E-state index in [1.54, 1.807) is 0 Å². The van der Waals surface area contributed by atoms with Gasteiger partial charge in [-0.15, -0.1) is 11.3 Å². The van der Waals surface area contributed by atoms with E-state index < -0.39 is 0 Å². The summed E-state index contributed by atoms with van der Waals surface area (Å²) >= 11 is 1.89. The molecule has 0 saturated carbocycles. The first-order valence-corrected chi connectivity index (χ1v) is 19.3. The predicted octanol–water partition coefficient (Wildman–Crippen LogP) is 13.5. The van der Waals surface area contributed by atoms with Gasteiger partial charge in [0.1, 0.15) is 0 Å². The van der Waals surface area contributed by atoms with Crippen LogP contribution in [-0.2, 0) is 5.41 Å². The molecule has 11 rings (SSSR count). The molecule has 2 heterocycles. The van der Waals surface area contributed by atoms with E-state index in [-0.39, 0.29) is 5.41 Å². The van der Waals surface area contributed by atoms with E-state index in [2.05, 4.69) is 159 Å². The molecule has 3 nitrogen and oxygen atoms in total. The smallest absolute Gasteiger partial charge is 0.164 e. The summed E-state index contributed by atoms with van der Waals surface area (Å²) in [7, 11) is 0. The molecule has 0 atom stereocenters. The second-order valence-corrected chi connectivity index (χ2v) is 15.8. The topological polar surface area (TPSA) is 38.7 Å². The molecule has 0 bridgehead atoms. The number of fused-ring (bicyclic) bond motifs is 10. The van der Waals surface area contributed by atoms with Crippen molar-refractivity contribution < 1.29 is 0 Å². The van der Waals surface area contributed by atoms with Crippen LogP contribution in [0.3, 0.4) is 0 Å². The van der Waals surface area contributed by atoms with Crippen LogP contribution >= 0.6 is 11.3 Å². The van der Waals surface area contributed by atoms with Gasteiger partial charge in [-0.25, -0.2) is 15.0 Å². The molecule has 0 fully saturated rings. The Labute approximate surface area is 317 Å². The third kappa shape index (κ3) is 4.70. The number of nitrogens with zero attached hydrogens (tertiary/aromatic N) is 3. The standard InChI is InChI=1S/C50H33N3S/c1-50(2)42-21-9-8-18-38(42)39-26-25-35(29-43(39)50)49-52-47(32-13-4-3-5-14-32)51-48(53-49)34-16-10-15-33(28-34)37-19-11-20-40-41-27-24-31-23-22-30-12-6-7-17-36(30)44(31)46(41)54-45(37)40/h3-29H,1-2H3. The molecule has 54 heavy (non-hydrogen) atoms. The van der Waals surface area contributed by atoms with Gasteiger partial charge in [0.25, 0.3) is 0 Å². The second-order valence-electron chi connectivity index (χ2n) is 14.8. The highest BCUT2D eigenvalue weighted by Crippen LogP contribution is 2.50. The number of hydrogen-bond donors (Lipinski definition) is 0. The number of thiophene rings is 1.